The fourth-order valence-electron chi connectivity index (χ4n) is 0.867. The maximum absolute atomic E-state index is 5.59. The van der Waals surface area contributed by atoms with Crippen LogP contribution in [0.2, 0.25) is 0 Å². The fraction of sp³-hybridized carbons (Fsp3) is 0.333. The summed E-state index contributed by atoms with van der Waals surface area (Å²) >= 11 is 7.25. The summed E-state index contributed by atoms with van der Waals surface area (Å²) in [5.74, 6) is 0. The molecule has 0 aromatic heterocycles. The third-order valence-corrected chi connectivity index (χ3v) is 2.72. The molecule has 11 heavy (non-hydrogen) atoms. The average Bonchev–Trinajstić information content (AvgIpc) is 1.98. The van der Waals surface area contributed by atoms with E-state index in [1.807, 2.05) is 0 Å². The van der Waals surface area contributed by atoms with Crippen LogP contribution in [0.25, 0.3) is 0 Å². The SMILES string of the molecule is Cc1ccc(SCCl)cc1C. The van der Waals surface area contributed by atoms with Crippen molar-refractivity contribution >= 4 is 23.4 Å². The number of halogens is 1. The van der Waals surface area contributed by atoms with Crippen LogP contribution in [0.15, 0.2) is 23.1 Å². The van der Waals surface area contributed by atoms with Gasteiger partial charge in [-0.1, -0.05) is 6.07 Å². The van der Waals surface area contributed by atoms with E-state index < -0.39 is 0 Å². The van der Waals surface area contributed by atoms with Crippen molar-refractivity contribution in [3.8, 4) is 0 Å². The third-order valence-electron chi connectivity index (χ3n) is 1.70. The molecule has 0 unspecified atom stereocenters. The van der Waals surface area contributed by atoms with E-state index in [1.165, 1.54) is 16.0 Å². The van der Waals surface area contributed by atoms with Crippen LogP contribution in [-0.2, 0) is 0 Å². The summed E-state index contributed by atoms with van der Waals surface area (Å²) < 4.78 is 0. The number of aryl methyl sites for hydroxylation is 2. The van der Waals surface area contributed by atoms with Crippen LogP contribution < -0.4 is 0 Å². The lowest BCUT2D eigenvalue weighted by molar-refractivity contribution is 1.28. The Balaban J connectivity index is 2.86. The lowest BCUT2D eigenvalue weighted by Crippen LogP contribution is -1.80. The summed E-state index contributed by atoms with van der Waals surface area (Å²) in [6.07, 6.45) is 0. The highest BCUT2D eigenvalue weighted by molar-refractivity contribution is 8.00. The molecule has 0 nitrogen and oxygen atoms in total. The van der Waals surface area contributed by atoms with Gasteiger partial charge in [-0.05, 0) is 37.1 Å². The molecule has 0 atom stereocenters. The van der Waals surface area contributed by atoms with Crippen molar-refractivity contribution in [3.63, 3.8) is 0 Å². The monoisotopic (exact) mass is 186 g/mol. The number of hydrogen-bond acceptors (Lipinski definition) is 1. The second kappa shape index (κ2) is 4.03. The highest BCUT2D eigenvalue weighted by Crippen LogP contribution is 2.21. The van der Waals surface area contributed by atoms with Crippen molar-refractivity contribution in [2.45, 2.75) is 18.7 Å². The van der Waals surface area contributed by atoms with Gasteiger partial charge in [-0.2, -0.15) is 0 Å². The van der Waals surface area contributed by atoms with E-state index in [0.29, 0.717) is 5.21 Å². The molecule has 2 heteroatoms. The van der Waals surface area contributed by atoms with Gasteiger partial charge in [0, 0.05) is 4.90 Å². The average molecular weight is 187 g/mol. The van der Waals surface area contributed by atoms with Gasteiger partial charge in [-0.15, -0.1) is 23.4 Å². The first-order valence-corrected chi connectivity index (χ1v) is 5.02. The minimum Gasteiger partial charge on any atom is -0.114 e. The Morgan fingerprint density at radius 2 is 2.00 bits per heavy atom. The van der Waals surface area contributed by atoms with Crippen LogP contribution in [0.3, 0.4) is 0 Å². The number of thioether (sulfide) groups is 1. The van der Waals surface area contributed by atoms with Gasteiger partial charge in [-0.25, -0.2) is 0 Å². The molecule has 1 aromatic rings. The largest absolute Gasteiger partial charge is 0.114 e. The molecule has 0 heterocycles. The Morgan fingerprint density at radius 3 is 2.55 bits per heavy atom. The topological polar surface area (TPSA) is 0 Å². The first-order valence-electron chi connectivity index (χ1n) is 3.50. The predicted octanol–water partition coefficient (Wildman–Crippen LogP) is 3.59. The van der Waals surface area contributed by atoms with Gasteiger partial charge in [0.25, 0.3) is 0 Å². The molecule has 60 valence electrons. The van der Waals surface area contributed by atoms with Crippen molar-refractivity contribution in [2.75, 3.05) is 5.21 Å². The van der Waals surface area contributed by atoms with Crippen molar-refractivity contribution in [2.24, 2.45) is 0 Å². The zero-order valence-corrected chi connectivity index (χ0v) is 8.30. The van der Waals surface area contributed by atoms with E-state index in [-0.39, 0.29) is 0 Å². The van der Waals surface area contributed by atoms with Crippen LogP contribution in [0.4, 0.5) is 0 Å². The van der Waals surface area contributed by atoms with Crippen LogP contribution in [0, 0.1) is 13.8 Å². The third kappa shape index (κ3) is 2.42. The summed E-state index contributed by atoms with van der Waals surface area (Å²) in [6, 6.07) is 6.40. The van der Waals surface area contributed by atoms with Crippen LogP contribution in [0.5, 0.6) is 0 Å². The molecule has 0 aliphatic heterocycles. The Bertz CT molecular complexity index is 245. The molecule has 0 spiro atoms. The molecular formula is C9H11ClS. The van der Waals surface area contributed by atoms with Gasteiger partial charge in [0.2, 0.25) is 0 Å². The van der Waals surface area contributed by atoms with Crippen LogP contribution in [-0.4, -0.2) is 5.21 Å². The Hall–Kier alpha value is -0.140. The van der Waals surface area contributed by atoms with Crippen molar-refractivity contribution in [1.82, 2.24) is 0 Å². The molecule has 0 aliphatic carbocycles. The molecule has 0 saturated heterocycles. The molecule has 0 N–H and O–H groups in total. The molecule has 1 aromatic carbocycles. The van der Waals surface area contributed by atoms with E-state index in [2.05, 4.69) is 32.0 Å². The quantitative estimate of drug-likeness (QED) is 0.503. The summed E-state index contributed by atoms with van der Waals surface area (Å²) in [7, 11) is 0. The summed E-state index contributed by atoms with van der Waals surface area (Å²) in [6.45, 7) is 4.23. The Labute approximate surface area is 77.0 Å². The molecule has 0 amide bonds. The summed E-state index contributed by atoms with van der Waals surface area (Å²) in [5.41, 5.74) is 2.67. The van der Waals surface area contributed by atoms with Crippen molar-refractivity contribution in [1.29, 1.82) is 0 Å². The van der Waals surface area contributed by atoms with Crippen molar-refractivity contribution in [3.05, 3.63) is 29.3 Å². The van der Waals surface area contributed by atoms with E-state index in [9.17, 15) is 0 Å². The van der Waals surface area contributed by atoms with Gasteiger partial charge in [0.1, 0.15) is 0 Å². The summed E-state index contributed by atoms with van der Waals surface area (Å²) in [5, 5.41) is 0.627. The zero-order chi connectivity index (χ0) is 8.27. The van der Waals surface area contributed by atoms with Gasteiger partial charge in [0.05, 0.1) is 5.21 Å². The smallest absolute Gasteiger partial charge is 0.0727 e. The van der Waals surface area contributed by atoms with Gasteiger partial charge >= 0.3 is 0 Å². The first-order chi connectivity index (χ1) is 5.24. The van der Waals surface area contributed by atoms with E-state index in [1.54, 1.807) is 11.8 Å². The van der Waals surface area contributed by atoms with Crippen molar-refractivity contribution < 1.29 is 0 Å². The second-order valence-electron chi connectivity index (χ2n) is 2.50. The molecule has 1 rings (SSSR count). The van der Waals surface area contributed by atoms with Gasteiger partial charge in [-0.3, -0.25) is 0 Å². The molecule has 0 saturated carbocycles. The molecule has 0 aliphatic rings. The maximum Gasteiger partial charge on any atom is 0.0727 e. The van der Waals surface area contributed by atoms with E-state index >= 15 is 0 Å². The molecule has 0 fully saturated rings. The van der Waals surface area contributed by atoms with E-state index in [4.69, 9.17) is 11.6 Å². The number of rotatable bonds is 2. The van der Waals surface area contributed by atoms with Crippen LogP contribution >= 0.6 is 23.4 Å². The Morgan fingerprint density at radius 1 is 1.27 bits per heavy atom. The number of benzene rings is 1. The zero-order valence-electron chi connectivity index (χ0n) is 6.73. The normalized spacial score (nSPS) is 10.1. The number of alkyl halides is 1. The second-order valence-corrected chi connectivity index (χ2v) is 4.13. The first kappa shape index (κ1) is 8.95. The minimum absolute atomic E-state index is 0.627. The molecular weight excluding hydrogens is 176 g/mol. The maximum atomic E-state index is 5.59. The molecule has 0 radical (unpaired) electrons. The molecule has 0 bridgehead atoms. The van der Waals surface area contributed by atoms with E-state index in [0.717, 1.165) is 0 Å². The summed E-state index contributed by atoms with van der Waals surface area (Å²) in [4.78, 5) is 1.25. The highest BCUT2D eigenvalue weighted by Gasteiger charge is 1.94. The number of hydrogen-bond donors (Lipinski definition) is 0. The standard InChI is InChI=1S/C9H11ClS/c1-7-3-4-9(11-6-10)5-8(7)2/h3-5H,6H2,1-2H3. The van der Waals surface area contributed by atoms with Crippen LogP contribution in [0.1, 0.15) is 11.1 Å². The highest BCUT2D eigenvalue weighted by atomic mass is 35.5. The lowest BCUT2D eigenvalue weighted by Gasteiger charge is -2.01. The van der Waals surface area contributed by atoms with Gasteiger partial charge in [0.15, 0.2) is 0 Å². The predicted molar refractivity (Wildman–Crippen MR) is 52.5 cm³/mol. The Kier molecular flexibility index (Phi) is 3.28. The lowest BCUT2D eigenvalue weighted by atomic mass is 10.1. The minimum atomic E-state index is 0.627. The fourth-order valence-corrected chi connectivity index (χ4v) is 1.80. The van der Waals surface area contributed by atoms with Gasteiger partial charge < -0.3 is 0 Å².